The summed E-state index contributed by atoms with van der Waals surface area (Å²) in [6, 6.07) is 6.31. The van der Waals surface area contributed by atoms with Crippen LogP contribution in [0.2, 0.25) is 0 Å². The van der Waals surface area contributed by atoms with E-state index in [0.29, 0.717) is 12.5 Å². The maximum absolute atomic E-state index is 10.9. The molecule has 2 nitrogen and oxygen atoms in total. The van der Waals surface area contributed by atoms with E-state index < -0.39 is 6.10 Å². The van der Waals surface area contributed by atoms with Crippen molar-refractivity contribution in [3.63, 3.8) is 0 Å². The Hall–Kier alpha value is -0.860. The SMILES string of the molecule is CCC1CCCC(CN)(C(O)c2ccc(C)c(C)c2)C1. The minimum absolute atomic E-state index is 0.124. The van der Waals surface area contributed by atoms with Crippen LogP contribution >= 0.6 is 0 Å². The third-order valence-corrected chi connectivity index (χ3v) is 5.39. The van der Waals surface area contributed by atoms with Crippen molar-refractivity contribution in [1.29, 1.82) is 0 Å². The van der Waals surface area contributed by atoms with Gasteiger partial charge in [0.1, 0.15) is 0 Å². The molecule has 0 spiro atoms. The monoisotopic (exact) mass is 275 g/mol. The second-order valence-corrected chi connectivity index (χ2v) is 6.68. The first-order chi connectivity index (χ1) is 9.52. The van der Waals surface area contributed by atoms with Crippen molar-refractivity contribution in [3.8, 4) is 0 Å². The summed E-state index contributed by atoms with van der Waals surface area (Å²) in [4.78, 5) is 0. The summed E-state index contributed by atoms with van der Waals surface area (Å²) in [7, 11) is 0. The smallest absolute Gasteiger partial charge is 0.0858 e. The van der Waals surface area contributed by atoms with E-state index in [1.54, 1.807) is 0 Å². The van der Waals surface area contributed by atoms with E-state index in [9.17, 15) is 5.11 Å². The summed E-state index contributed by atoms with van der Waals surface area (Å²) in [5, 5.41) is 10.9. The third-order valence-electron chi connectivity index (χ3n) is 5.39. The van der Waals surface area contributed by atoms with Crippen LogP contribution in [-0.4, -0.2) is 11.7 Å². The van der Waals surface area contributed by atoms with Crippen LogP contribution in [0.15, 0.2) is 18.2 Å². The van der Waals surface area contributed by atoms with Crippen molar-refractivity contribution in [2.24, 2.45) is 17.1 Å². The van der Waals surface area contributed by atoms with Crippen LogP contribution in [0.3, 0.4) is 0 Å². The number of hydrogen-bond acceptors (Lipinski definition) is 2. The highest BCUT2D eigenvalue weighted by Gasteiger charge is 2.41. The van der Waals surface area contributed by atoms with E-state index in [4.69, 9.17) is 5.73 Å². The van der Waals surface area contributed by atoms with Gasteiger partial charge in [0.25, 0.3) is 0 Å². The molecule has 0 saturated heterocycles. The molecule has 3 N–H and O–H groups in total. The Balaban J connectivity index is 2.27. The molecule has 0 aromatic heterocycles. The van der Waals surface area contributed by atoms with Crippen LogP contribution in [0, 0.1) is 25.2 Å². The van der Waals surface area contributed by atoms with E-state index in [1.807, 2.05) is 0 Å². The molecular weight excluding hydrogens is 246 g/mol. The Morgan fingerprint density at radius 2 is 2.10 bits per heavy atom. The molecule has 112 valence electrons. The number of aliphatic hydroxyl groups excluding tert-OH is 1. The lowest BCUT2D eigenvalue weighted by Gasteiger charge is -2.43. The number of nitrogens with two attached hydrogens (primary N) is 1. The van der Waals surface area contributed by atoms with Gasteiger partial charge in [0, 0.05) is 12.0 Å². The Kier molecular flexibility index (Phi) is 4.87. The molecule has 0 aliphatic heterocycles. The van der Waals surface area contributed by atoms with E-state index >= 15 is 0 Å². The van der Waals surface area contributed by atoms with E-state index in [1.165, 1.54) is 30.4 Å². The van der Waals surface area contributed by atoms with Crippen molar-refractivity contribution in [1.82, 2.24) is 0 Å². The van der Waals surface area contributed by atoms with Gasteiger partial charge in [0.15, 0.2) is 0 Å². The number of rotatable bonds is 4. The first-order valence-electron chi connectivity index (χ1n) is 7.97. The highest BCUT2D eigenvalue weighted by Crippen LogP contribution is 2.48. The van der Waals surface area contributed by atoms with Crippen molar-refractivity contribution in [3.05, 3.63) is 34.9 Å². The van der Waals surface area contributed by atoms with Crippen molar-refractivity contribution in [2.45, 2.75) is 59.0 Å². The molecule has 1 aliphatic rings. The number of hydrogen-bond donors (Lipinski definition) is 2. The zero-order valence-electron chi connectivity index (χ0n) is 13.2. The fraction of sp³-hybridized carbons (Fsp3) is 0.667. The second kappa shape index (κ2) is 6.28. The number of aliphatic hydroxyl groups is 1. The summed E-state index contributed by atoms with van der Waals surface area (Å²) in [6.45, 7) is 7.05. The molecule has 3 atom stereocenters. The maximum atomic E-state index is 10.9. The van der Waals surface area contributed by atoms with Gasteiger partial charge in [-0.1, -0.05) is 44.4 Å². The maximum Gasteiger partial charge on any atom is 0.0858 e. The van der Waals surface area contributed by atoms with Gasteiger partial charge in [0.05, 0.1) is 6.10 Å². The van der Waals surface area contributed by atoms with Crippen molar-refractivity contribution < 1.29 is 5.11 Å². The Labute approximate surface area is 123 Å². The molecule has 20 heavy (non-hydrogen) atoms. The number of aryl methyl sites for hydroxylation is 2. The lowest BCUT2D eigenvalue weighted by Crippen LogP contribution is -2.41. The molecule has 3 unspecified atom stereocenters. The lowest BCUT2D eigenvalue weighted by molar-refractivity contribution is -0.0162. The van der Waals surface area contributed by atoms with E-state index in [-0.39, 0.29) is 5.41 Å². The Morgan fingerprint density at radius 3 is 2.70 bits per heavy atom. The van der Waals surface area contributed by atoms with Crippen LogP contribution in [0.1, 0.15) is 61.8 Å². The highest BCUT2D eigenvalue weighted by molar-refractivity contribution is 5.32. The predicted octanol–water partition coefficient (Wildman–Crippen LogP) is 3.88. The van der Waals surface area contributed by atoms with Gasteiger partial charge in [-0.2, -0.15) is 0 Å². The summed E-state index contributed by atoms with van der Waals surface area (Å²) < 4.78 is 0. The summed E-state index contributed by atoms with van der Waals surface area (Å²) >= 11 is 0. The molecule has 1 aromatic carbocycles. The first-order valence-corrected chi connectivity index (χ1v) is 7.97. The molecule has 1 fully saturated rings. The zero-order valence-corrected chi connectivity index (χ0v) is 13.2. The number of benzene rings is 1. The average Bonchev–Trinajstić information content (AvgIpc) is 2.49. The molecule has 2 rings (SSSR count). The van der Waals surface area contributed by atoms with Gasteiger partial charge >= 0.3 is 0 Å². The second-order valence-electron chi connectivity index (χ2n) is 6.68. The molecule has 1 saturated carbocycles. The van der Waals surface area contributed by atoms with Crippen molar-refractivity contribution >= 4 is 0 Å². The van der Waals surface area contributed by atoms with Gasteiger partial charge < -0.3 is 10.8 Å². The van der Waals surface area contributed by atoms with Gasteiger partial charge in [0.2, 0.25) is 0 Å². The van der Waals surface area contributed by atoms with Gasteiger partial charge in [-0.05, 0) is 49.3 Å². The summed E-state index contributed by atoms with van der Waals surface area (Å²) in [6.07, 6.45) is 5.36. The molecule has 2 heteroatoms. The van der Waals surface area contributed by atoms with Crippen LogP contribution in [0.25, 0.3) is 0 Å². The standard InChI is InChI=1S/C18H29NO/c1-4-15-6-5-9-18(11-15,12-19)17(20)16-8-7-13(2)14(3)10-16/h7-8,10,15,17,20H,4-6,9,11-12,19H2,1-3H3. The minimum atomic E-state index is -0.429. The molecule has 0 bridgehead atoms. The predicted molar refractivity (Wildman–Crippen MR) is 84.6 cm³/mol. The largest absolute Gasteiger partial charge is 0.388 e. The highest BCUT2D eigenvalue weighted by atomic mass is 16.3. The Bertz CT molecular complexity index is 457. The first kappa shape index (κ1) is 15.5. The quantitative estimate of drug-likeness (QED) is 0.876. The molecular formula is C18H29NO. The van der Waals surface area contributed by atoms with Crippen LogP contribution in [0.4, 0.5) is 0 Å². The molecule has 0 amide bonds. The van der Waals surface area contributed by atoms with Gasteiger partial charge in [-0.3, -0.25) is 0 Å². The lowest BCUT2D eigenvalue weighted by atomic mass is 9.64. The fourth-order valence-electron chi connectivity index (χ4n) is 3.70. The van der Waals surface area contributed by atoms with E-state index in [0.717, 1.165) is 18.4 Å². The molecule has 0 radical (unpaired) electrons. The zero-order chi connectivity index (χ0) is 14.8. The molecule has 1 aliphatic carbocycles. The van der Waals surface area contributed by atoms with Crippen LogP contribution in [-0.2, 0) is 0 Å². The van der Waals surface area contributed by atoms with Crippen LogP contribution in [0.5, 0.6) is 0 Å². The van der Waals surface area contributed by atoms with Gasteiger partial charge in [-0.25, -0.2) is 0 Å². The fourth-order valence-corrected chi connectivity index (χ4v) is 3.70. The van der Waals surface area contributed by atoms with E-state index in [2.05, 4.69) is 39.0 Å². The average molecular weight is 275 g/mol. The van der Waals surface area contributed by atoms with Crippen LogP contribution < -0.4 is 5.73 Å². The van der Waals surface area contributed by atoms with Crippen molar-refractivity contribution in [2.75, 3.05) is 6.54 Å². The topological polar surface area (TPSA) is 46.2 Å². The summed E-state index contributed by atoms with van der Waals surface area (Å²) in [5.41, 5.74) is 9.54. The Morgan fingerprint density at radius 1 is 1.35 bits per heavy atom. The van der Waals surface area contributed by atoms with Gasteiger partial charge in [-0.15, -0.1) is 0 Å². The molecule has 0 heterocycles. The third kappa shape index (κ3) is 2.91. The summed E-state index contributed by atoms with van der Waals surface area (Å²) in [5.74, 6) is 0.716. The normalized spacial score (nSPS) is 28.4. The molecule has 1 aromatic rings. The minimum Gasteiger partial charge on any atom is -0.388 e.